The Morgan fingerprint density at radius 2 is 2.13 bits per heavy atom. The first-order valence-electron chi connectivity index (χ1n) is 10.1. The van der Waals surface area contributed by atoms with Crippen molar-refractivity contribution in [1.82, 2.24) is 24.6 Å². The van der Waals surface area contributed by atoms with Gasteiger partial charge in [0.1, 0.15) is 5.39 Å². The molecule has 3 aromatic rings. The molecule has 1 aliphatic rings. The third-order valence-corrected chi connectivity index (χ3v) is 5.98. The van der Waals surface area contributed by atoms with Crippen LogP contribution in [0.2, 0.25) is 0 Å². The number of carbonyl (C=O) groups excluding carboxylic acids is 1. The van der Waals surface area contributed by atoms with E-state index in [4.69, 9.17) is 9.72 Å². The van der Waals surface area contributed by atoms with E-state index in [2.05, 4.69) is 10.4 Å². The fraction of sp³-hybridized carbons (Fsp3) is 0.429. The van der Waals surface area contributed by atoms with Gasteiger partial charge in [-0.2, -0.15) is 5.10 Å². The maximum Gasteiger partial charge on any atom is 0.265 e. The van der Waals surface area contributed by atoms with Gasteiger partial charge in [0.2, 0.25) is 5.91 Å². The van der Waals surface area contributed by atoms with Crippen molar-refractivity contribution in [2.75, 3.05) is 18.9 Å². The summed E-state index contributed by atoms with van der Waals surface area (Å²) in [4.78, 5) is 30.2. The fourth-order valence-electron chi connectivity index (χ4n) is 3.44. The summed E-state index contributed by atoms with van der Waals surface area (Å²) in [6.45, 7) is 5.15. The average molecular weight is 428 g/mol. The minimum absolute atomic E-state index is 0.0648. The number of para-hydroxylation sites is 1. The molecule has 0 saturated heterocycles. The van der Waals surface area contributed by atoms with E-state index in [9.17, 15) is 9.59 Å². The first-order chi connectivity index (χ1) is 14.5. The van der Waals surface area contributed by atoms with Crippen molar-refractivity contribution in [2.24, 2.45) is 0 Å². The normalized spacial score (nSPS) is 15.6. The summed E-state index contributed by atoms with van der Waals surface area (Å²) < 4.78 is 8.80. The van der Waals surface area contributed by atoms with Crippen molar-refractivity contribution in [3.63, 3.8) is 0 Å². The molecule has 0 saturated carbocycles. The van der Waals surface area contributed by atoms with Crippen LogP contribution in [0.25, 0.3) is 16.7 Å². The van der Waals surface area contributed by atoms with E-state index in [1.807, 2.05) is 44.2 Å². The van der Waals surface area contributed by atoms with E-state index >= 15 is 0 Å². The quantitative estimate of drug-likeness (QED) is 0.439. The molecule has 2 aromatic heterocycles. The van der Waals surface area contributed by atoms with Gasteiger partial charge in [-0.1, -0.05) is 30.0 Å². The molecule has 1 N–H and O–H groups in total. The van der Waals surface area contributed by atoms with Crippen LogP contribution in [0.4, 0.5) is 0 Å². The molecule has 0 unspecified atom stereocenters. The maximum absolute atomic E-state index is 13.1. The van der Waals surface area contributed by atoms with Crippen molar-refractivity contribution in [1.29, 1.82) is 0 Å². The van der Waals surface area contributed by atoms with Crippen LogP contribution < -0.4 is 10.9 Å². The van der Waals surface area contributed by atoms with Crippen LogP contribution in [0.1, 0.15) is 32.7 Å². The summed E-state index contributed by atoms with van der Waals surface area (Å²) >= 11 is 1.50. The average Bonchev–Trinajstić information content (AvgIpc) is 3.33. The lowest BCUT2D eigenvalue weighted by molar-refractivity contribution is -0.121. The monoisotopic (exact) mass is 427 g/mol. The molecule has 0 aliphatic carbocycles. The smallest absolute Gasteiger partial charge is 0.265 e. The maximum atomic E-state index is 13.1. The third kappa shape index (κ3) is 4.27. The Bertz CT molecular complexity index is 1090. The van der Waals surface area contributed by atoms with E-state index in [1.54, 1.807) is 15.4 Å². The lowest BCUT2D eigenvalue weighted by Crippen LogP contribution is -2.31. The molecule has 158 valence electrons. The number of nitrogens with zero attached hydrogens (tertiary/aromatic N) is 4. The molecule has 4 rings (SSSR count). The molecule has 8 nitrogen and oxygen atoms in total. The summed E-state index contributed by atoms with van der Waals surface area (Å²) in [5.74, 6) is 0.585. The Balaban J connectivity index is 1.48. The number of ether oxygens (including phenoxy) is 1. The van der Waals surface area contributed by atoms with Gasteiger partial charge in [0.15, 0.2) is 10.8 Å². The van der Waals surface area contributed by atoms with Crippen LogP contribution in [0, 0.1) is 0 Å². The number of amides is 1. The molecule has 9 heteroatoms. The van der Waals surface area contributed by atoms with Gasteiger partial charge in [0.05, 0.1) is 24.0 Å². The van der Waals surface area contributed by atoms with Crippen molar-refractivity contribution < 1.29 is 9.53 Å². The van der Waals surface area contributed by atoms with Crippen LogP contribution in [-0.4, -0.2) is 50.2 Å². The highest BCUT2D eigenvalue weighted by atomic mass is 32.2. The van der Waals surface area contributed by atoms with E-state index in [-0.39, 0.29) is 30.0 Å². The van der Waals surface area contributed by atoms with Crippen LogP contribution in [0.3, 0.4) is 0 Å². The Labute approximate surface area is 178 Å². The largest absolute Gasteiger partial charge is 0.379 e. The molecule has 1 atom stereocenters. The Morgan fingerprint density at radius 1 is 1.33 bits per heavy atom. The molecular formula is C21H25N5O3S. The number of thioether (sulfide) groups is 1. The second-order valence-electron chi connectivity index (χ2n) is 7.49. The van der Waals surface area contributed by atoms with E-state index in [0.717, 1.165) is 12.1 Å². The summed E-state index contributed by atoms with van der Waals surface area (Å²) in [5, 5.41) is 8.37. The molecule has 30 heavy (non-hydrogen) atoms. The number of nitrogens with one attached hydrogen (secondary N) is 1. The van der Waals surface area contributed by atoms with E-state index in [1.165, 1.54) is 11.8 Å². The van der Waals surface area contributed by atoms with Crippen molar-refractivity contribution in [2.45, 2.75) is 44.0 Å². The van der Waals surface area contributed by atoms with Crippen LogP contribution in [-0.2, 0) is 9.53 Å². The second kappa shape index (κ2) is 9.01. The van der Waals surface area contributed by atoms with Gasteiger partial charge in [0.25, 0.3) is 5.56 Å². The molecule has 3 heterocycles. The van der Waals surface area contributed by atoms with Gasteiger partial charge in [0, 0.05) is 25.3 Å². The number of carbonyl (C=O) groups is 1. The second-order valence-corrected chi connectivity index (χ2v) is 8.48. The molecular weight excluding hydrogens is 402 g/mol. The predicted octanol–water partition coefficient (Wildman–Crippen LogP) is 2.55. The van der Waals surface area contributed by atoms with Gasteiger partial charge >= 0.3 is 0 Å². The predicted molar refractivity (Wildman–Crippen MR) is 116 cm³/mol. The zero-order chi connectivity index (χ0) is 21.1. The van der Waals surface area contributed by atoms with Crippen LogP contribution in [0.15, 0.2) is 46.5 Å². The lowest BCUT2D eigenvalue weighted by Gasteiger charge is -2.14. The van der Waals surface area contributed by atoms with Crippen molar-refractivity contribution in [3.05, 3.63) is 46.9 Å². The standard InChI is InChI=1S/C21H25N5O3S/c1-14(2)29-10-6-9-22-18(27)11-16-13-30-21-24-19-17(20(28)25(16)21)12-23-26(19)15-7-4-3-5-8-15/h3-5,7-8,12,14,16H,6,9-11,13H2,1-2H3,(H,22,27)/t16-/m1/s1. The minimum Gasteiger partial charge on any atom is -0.379 e. The third-order valence-electron chi connectivity index (χ3n) is 4.89. The Kier molecular flexibility index (Phi) is 6.19. The molecule has 1 aliphatic heterocycles. The molecule has 0 spiro atoms. The SMILES string of the molecule is CC(C)OCCCNC(=O)C[C@@H]1CSc2nc3c(cnn3-c3ccccc3)c(=O)n21. The first kappa shape index (κ1) is 20.6. The zero-order valence-corrected chi connectivity index (χ0v) is 17.9. The number of hydrogen-bond acceptors (Lipinski definition) is 6. The zero-order valence-electron chi connectivity index (χ0n) is 17.1. The topological polar surface area (TPSA) is 91.0 Å². The first-order valence-corrected chi connectivity index (χ1v) is 11.1. The highest BCUT2D eigenvalue weighted by molar-refractivity contribution is 7.99. The highest BCUT2D eigenvalue weighted by Gasteiger charge is 2.29. The number of hydrogen-bond donors (Lipinski definition) is 1. The van der Waals surface area contributed by atoms with Crippen LogP contribution in [0.5, 0.6) is 0 Å². The lowest BCUT2D eigenvalue weighted by atomic mass is 10.2. The molecule has 1 amide bonds. The summed E-state index contributed by atoms with van der Waals surface area (Å²) in [6, 6.07) is 9.40. The number of benzene rings is 1. The Morgan fingerprint density at radius 3 is 2.90 bits per heavy atom. The number of fused-ring (bicyclic) bond motifs is 2. The summed E-state index contributed by atoms with van der Waals surface area (Å²) in [7, 11) is 0. The molecule has 0 bridgehead atoms. The van der Waals surface area contributed by atoms with Gasteiger partial charge in [-0.25, -0.2) is 9.67 Å². The highest BCUT2D eigenvalue weighted by Crippen LogP contribution is 2.33. The van der Waals surface area contributed by atoms with E-state index in [0.29, 0.717) is 35.1 Å². The van der Waals surface area contributed by atoms with Gasteiger partial charge in [-0.05, 0) is 32.4 Å². The molecule has 1 aromatic carbocycles. The van der Waals surface area contributed by atoms with Gasteiger partial charge < -0.3 is 10.1 Å². The van der Waals surface area contributed by atoms with Crippen LogP contribution >= 0.6 is 11.8 Å². The molecule has 0 radical (unpaired) electrons. The van der Waals surface area contributed by atoms with Gasteiger partial charge in [-0.3, -0.25) is 14.2 Å². The summed E-state index contributed by atoms with van der Waals surface area (Å²) in [6.07, 6.45) is 2.76. The van der Waals surface area contributed by atoms with E-state index < -0.39 is 0 Å². The number of aromatic nitrogens is 4. The Hall–Kier alpha value is -2.65. The summed E-state index contributed by atoms with van der Waals surface area (Å²) in [5.41, 5.74) is 1.25. The fourth-order valence-corrected chi connectivity index (χ4v) is 4.57. The van der Waals surface area contributed by atoms with Crippen molar-refractivity contribution >= 4 is 28.7 Å². The molecule has 0 fully saturated rings. The van der Waals surface area contributed by atoms with Gasteiger partial charge in [-0.15, -0.1) is 0 Å². The minimum atomic E-state index is -0.207. The van der Waals surface area contributed by atoms with Crippen molar-refractivity contribution in [3.8, 4) is 5.69 Å². The number of rotatable bonds is 8.